The molecule has 1 atom stereocenters. The average Bonchev–Trinajstić information content (AvgIpc) is 2.45. The summed E-state index contributed by atoms with van der Waals surface area (Å²) in [4.78, 5) is 24.1. The van der Waals surface area contributed by atoms with Gasteiger partial charge in [0.1, 0.15) is 0 Å². The van der Waals surface area contributed by atoms with Crippen molar-refractivity contribution in [3.63, 3.8) is 0 Å². The summed E-state index contributed by atoms with van der Waals surface area (Å²) in [5.41, 5.74) is -1.41. The van der Waals surface area contributed by atoms with E-state index in [9.17, 15) is 14.7 Å². The summed E-state index contributed by atoms with van der Waals surface area (Å²) in [5, 5.41) is 10.1. The first-order chi connectivity index (χ1) is 9.98. The lowest BCUT2D eigenvalue weighted by atomic mass is 9.76. The van der Waals surface area contributed by atoms with Crippen LogP contribution in [0.1, 0.15) is 31.7 Å². The fraction of sp³-hybridized carbons (Fsp3) is 0.375. The Morgan fingerprint density at radius 3 is 2.48 bits per heavy atom. The van der Waals surface area contributed by atoms with Crippen LogP contribution in [0.25, 0.3) is 0 Å². The summed E-state index contributed by atoms with van der Waals surface area (Å²) >= 11 is 5.82. The number of terminal acetylenes is 1. The van der Waals surface area contributed by atoms with E-state index < -0.39 is 17.4 Å². The van der Waals surface area contributed by atoms with Crippen molar-refractivity contribution in [3.05, 3.63) is 34.9 Å². The molecule has 5 heteroatoms. The summed E-state index contributed by atoms with van der Waals surface area (Å²) in [6, 6.07) is 6.16. The van der Waals surface area contributed by atoms with E-state index in [-0.39, 0.29) is 13.0 Å². The predicted molar refractivity (Wildman–Crippen MR) is 80.1 cm³/mol. The van der Waals surface area contributed by atoms with Crippen LogP contribution in [0.3, 0.4) is 0 Å². The topological polar surface area (TPSA) is 63.6 Å². The Kier molecular flexibility index (Phi) is 6.26. The smallest absolute Gasteiger partial charge is 0.328 e. The maximum absolute atomic E-state index is 12.3. The van der Waals surface area contributed by atoms with Gasteiger partial charge < -0.3 is 9.84 Å². The van der Waals surface area contributed by atoms with Crippen molar-refractivity contribution in [3.8, 4) is 12.3 Å². The van der Waals surface area contributed by atoms with Crippen LogP contribution >= 0.6 is 11.6 Å². The molecule has 0 amide bonds. The number of benzene rings is 1. The van der Waals surface area contributed by atoms with Gasteiger partial charge in [0.05, 0.1) is 6.61 Å². The number of carbonyl (C=O) groups excluding carboxylic acids is 1. The second-order valence-corrected chi connectivity index (χ2v) is 4.93. The molecule has 1 rings (SSSR count). The summed E-state index contributed by atoms with van der Waals surface area (Å²) in [6.45, 7) is 1.74. The molecule has 0 bridgehead atoms. The van der Waals surface area contributed by atoms with Crippen molar-refractivity contribution in [1.82, 2.24) is 0 Å². The zero-order chi connectivity index (χ0) is 15.9. The summed E-state index contributed by atoms with van der Waals surface area (Å²) in [6.07, 6.45) is 6.07. The van der Waals surface area contributed by atoms with Crippen molar-refractivity contribution in [1.29, 1.82) is 0 Å². The molecule has 0 aliphatic carbocycles. The van der Waals surface area contributed by atoms with Gasteiger partial charge in [0.25, 0.3) is 0 Å². The Morgan fingerprint density at radius 2 is 2.00 bits per heavy atom. The molecule has 0 radical (unpaired) electrons. The van der Waals surface area contributed by atoms with E-state index in [0.29, 0.717) is 23.4 Å². The molecule has 0 saturated heterocycles. The van der Waals surface area contributed by atoms with Crippen LogP contribution in [-0.2, 0) is 19.7 Å². The van der Waals surface area contributed by atoms with Gasteiger partial charge in [0.15, 0.2) is 5.41 Å². The van der Waals surface area contributed by atoms with E-state index in [4.69, 9.17) is 22.8 Å². The van der Waals surface area contributed by atoms with Crippen LogP contribution < -0.4 is 0 Å². The Labute approximate surface area is 129 Å². The number of hydrogen-bond donors (Lipinski definition) is 1. The molecule has 0 aliphatic heterocycles. The number of carboxylic acid groups (broad SMARTS) is 1. The lowest BCUT2D eigenvalue weighted by molar-refractivity contribution is -0.162. The standard InChI is InChI=1S/C16H17ClO4/c1-3-5-6-11-16(14(18)19,15(20)21-4-2)12-7-9-13(17)10-8-12/h1,7-10H,4-6,11H2,2H3,(H,18,19). The second-order valence-electron chi connectivity index (χ2n) is 4.50. The maximum atomic E-state index is 12.3. The van der Waals surface area contributed by atoms with Gasteiger partial charge in [-0.2, -0.15) is 0 Å². The van der Waals surface area contributed by atoms with E-state index in [1.807, 2.05) is 0 Å². The number of aliphatic carboxylic acids is 1. The van der Waals surface area contributed by atoms with Crippen LogP contribution in [0.15, 0.2) is 24.3 Å². The molecule has 0 saturated carbocycles. The first-order valence-corrected chi connectivity index (χ1v) is 6.97. The zero-order valence-electron chi connectivity index (χ0n) is 11.8. The molecule has 1 unspecified atom stereocenters. The average molecular weight is 309 g/mol. The lowest BCUT2D eigenvalue weighted by Gasteiger charge is -2.27. The minimum absolute atomic E-state index is 0.0764. The third kappa shape index (κ3) is 3.77. The molecule has 21 heavy (non-hydrogen) atoms. The molecule has 4 nitrogen and oxygen atoms in total. The maximum Gasteiger partial charge on any atom is 0.328 e. The van der Waals surface area contributed by atoms with Gasteiger partial charge in [-0.05, 0) is 37.5 Å². The minimum atomic E-state index is -1.75. The predicted octanol–water partition coefficient (Wildman–Crippen LogP) is 3.03. The van der Waals surface area contributed by atoms with Crippen molar-refractivity contribution >= 4 is 23.5 Å². The first-order valence-electron chi connectivity index (χ1n) is 6.59. The Bertz CT molecular complexity index is 544. The summed E-state index contributed by atoms with van der Waals surface area (Å²) in [7, 11) is 0. The van der Waals surface area contributed by atoms with E-state index in [1.54, 1.807) is 19.1 Å². The lowest BCUT2D eigenvalue weighted by Crippen LogP contribution is -2.45. The fourth-order valence-electron chi connectivity index (χ4n) is 2.13. The monoisotopic (exact) mass is 308 g/mol. The van der Waals surface area contributed by atoms with Crippen molar-refractivity contribution in [2.45, 2.75) is 31.6 Å². The van der Waals surface area contributed by atoms with Gasteiger partial charge in [-0.25, -0.2) is 0 Å². The normalized spacial score (nSPS) is 13.0. The van der Waals surface area contributed by atoms with Gasteiger partial charge in [0.2, 0.25) is 0 Å². The SMILES string of the molecule is C#CCCCC(C(=O)O)(C(=O)OCC)c1ccc(Cl)cc1. The summed E-state index contributed by atoms with van der Waals surface area (Å²) < 4.78 is 4.98. The molecule has 1 aromatic rings. The number of hydrogen-bond acceptors (Lipinski definition) is 3. The molecule has 0 heterocycles. The number of unbranched alkanes of at least 4 members (excludes halogenated alkanes) is 1. The fourth-order valence-corrected chi connectivity index (χ4v) is 2.25. The number of carbonyl (C=O) groups is 2. The van der Waals surface area contributed by atoms with Crippen LogP contribution in [-0.4, -0.2) is 23.7 Å². The molecular weight excluding hydrogens is 292 g/mol. The minimum Gasteiger partial charge on any atom is -0.480 e. The highest BCUT2D eigenvalue weighted by molar-refractivity contribution is 6.30. The molecule has 0 fully saturated rings. The molecule has 0 spiro atoms. The van der Waals surface area contributed by atoms with Gasteiger partial charge in [-0.15, -0.1) is 12.3 Å². The Balaban J connectivity index is 3.29. The second kappa shape index (κ2) is 7.70. The number of esters is 1. The molecule has 0 aromatic heterocycles. The summed E-state index contributed by atoms with van der Waals surface area (Å²) in [5.74, 6) is 0.414. The van der Waals surface area contributed by atoms with Gasteiger partial charge >= 0.3 is 11.9 Å². The highest BCUT2D eigenvalue weighted by atomic mass is 35.5. The van der Waals surface area contributed by atoms with Crippen molar-refractivity contribution < 1.29 is 19.4 Å². The van der Waals surface area contributed by atoms with Crippen molar-refractivity contribution in [2.24, 2.45) is 0 Å². The van der Waals surface area contributed by atoms with Gasteiger partial charge in [-0.3, -0.25) is 9.59 Å². The van der Waals surface area contributed by atoms with Crippen LogP contribution in [0.4, 0.5) is 0 Å². The number of halogens is 1. The zero-order valence-corrected chi connectivity index (χ0v) is 12.5. The van der Waals surface area contributed by atoms with Crippen LogP contribution in [0.5, 0.6) is 0 Å². The quantitative estimate of drug-likeness (QED) is 0.364. The van der Waals surface area contributed by atoms with E-state index in [1.165, 1.54) is 12.1 Å². The number of rotatable bonds is 7. The molecular formula is C16H17ClO4. The molecule has 112 valence electrons. The third-order valence-corrected chi connectivity index (χ3v) is 3.45. The van der Waals surface area contributed by atoms with E-state index in [0.717, 1.165) is 0 Å². The van der Waals surface area contributed by atoms with E-state index in [2.05, 4.69) is 5.92 Å². The van der Waals surface area contributed by atoms with Crippen molar-refractivity contribution in [2.75, 3.05) is 6.61 Å². The Morgan fingerprint density at radius 1 is 1.38 bits per heavy atom. The molecule has 1 N–H and O–H groups in total. The van der Waals surface area contributed by atoms with E-state index >= 15 is 0 Å². The molecule has 1 aromatic carbocycles. The van der Waals surface area contributed by atoms with Crippen LogP contribution in [0.2, 0.25) is 5.02 Å². The largest absolute Gasteiger partial charge is 0.480 e. The first kappa shape index (κ1) is 17.1. The number of carboxylic acids is 1. The van der Waals surface area contributed by atoms with Crippen LogP contribution in [0, 0.1) is 12.3 Å². The molecule has 0 aliphatic rings. The highest BCUT2D eigenvalue weighted by Gasteiger charge is 2.48. The Hall–Kier alpha value is -1.99. The van der Waals surface area contributed by atoms with Gasteiger partial charge in [0, 0.05) is 11.4 Å². The van der Waals surface area contributed by atoms with Gasteiger partial charge in [-0.1, -0.05) is 23.7 Å². The third-order valence-electron chi connectivity index (χ3n) is 3.20. The highest BCUT2D eigenvalue weighted by Crippen LogP contribution is 2.33. The number of ether oxygens (including phenoxy) is 1.